The van der Waals surface area contributed by atoms with Gasteiger partial charge in [0.05, 0.1) is 11.6 Å². The number of Topliss-reactive ketones (excluding diaryl/α,β-unsaturated/α-hetero) is 1. The van der Waals surface area contributed by atoms with Crippen molar-refractivity contribution in [1.29, 1.82) is 5.26 Å². The van der Waals surface area contributed by atoms with Crippen LogP contribution < -0.4 is 4.74 Å². The maximum atomic E-state index is 13.8. The van der Waals surface area contributed by atoms with Gasteiger partial charge in [-0.15, -0.1) is 0 Å². The molecule has 1 saturated carbocycles. The number of likely N-dealkylation sites (N-methyl/N-ethyl adjacent to an activating group) is 1. The van der Waals surface area contributed by atoms with Gasteiger partial charge in [0.15, 0.2) is 0 Å². The van der Waals surface area contributed by atoms with Crippen molar-refractivity contribution in [2.75, 3.05) is 7.05 Å². The predicted octanol–water partition coefficient (Wildman–Crippen LogP) is 8.68. The second-order valence-electron chi connectivity index (χ2n) is 12.0. The Balaban J connectivity index is 1.28. The number of aromatic nitrogens is 1. The number of ketones is 1. The van der Waals surface area contributed by atoms with Crippen LogP contribution in [-0.4, -0.2) is 34.8 Å². The molecule has 0 spiro atoms. The Morgan fingerprint density at radius 2 is 1.89 bits per heavy atom. The van der Waals surface area contributed by atoms with Crippen molar-refractivity contribution in [3.63, 3.8) is 0 Å². The van der Waals surface area contributed by atoms with Crippen molar-refractivity contribution in [2.45, 2.75) is 76.2 Å². The van der Waals surface area contributed by atoms with Gasteiger partial charge in [-0.1, -0.05) is 41.8 Å². The highest BCUT2D eigenvalue weighted by atomic mass is 35.5. The SMILES string of the molecule is Cc1cc(OC(=O)N(C)C2CC(CC(=O)C3CCCC(c4cc(C#N)ccn4)CC3)=CCC2c2ccc(Cl)cc2)ccc1F. The first-order chi connectivity index (χ1) is 21.2. The number of benzene rings is 2. The van der Waals surface area contributed by atoms with E-state index in [1.54, 1.807) is 31.1 Å². The average molecular weight is 614 g/mol. The number of pyridine rings is 1. The third-order valence-electron chi connectivity index (χ3n) is 9.17. The lowest BCUT2D eigenvalue weighted by molar-refractivity contribution is -0.122. The molecule has 44 heavy (non-hydrogen) atoms. The minimum atomic E-state index is -0.531. The number of hydrogen-bond donors (Lipinski definition) is 0. The zero-order chi connectivity index (χ0) is 31.2. The number of halogens is 2. The summed E-state index contributed by atoms with van der Waals surface area (Å²) in [5, 5.41) is 9.91. The summed E-state index contributed by atoms with van der Waals surface area (Å²) in [6, 6.07) is 17.4. The first kappa shape index (κ1) is 31.4. The monoisotopic (exact) mass is 613 g/mol. The van der Waals surface area contributed by atoms with Crippen LogP contribution in [0.5, 0.6) is 5.75 Å². The van der Waals surface area contributed by atoms with Crippen LogP contribution in [0, 0.1) is 30.0 Å². The normalized spacial score (nSPS) is 21.8. The number of carbonyl (C=O) groups is 2. The number of nitriles is 1. The minimum Gasteiger partial charge on any atom is -0.410 e. The maximum Gasteiger partial charge on any atom is 0.415 e. The van der Waals surface area contributed by atoms with Gasteiger partial charge in [-0.25, -0.2) is 9.18 Å². The second-order valence-corrected chi connectivity index (χ2v) is 12.5. The zero-order valence-electron chi connectivity index (χ0n) is 25.1. The van der Waals surface area contributed by atoms with Crippen LogP contribution in [0.25, 0.3) is 0 Å². The molecule has 4 atom stereocenters. The van der Waals surface area contributed by atoms with E-state index in [2.05, 4.69) is 17.1 Å². The predicted molar refractivity (Wildman–Crippen MR) is 168 cm³/mol. The second kappa shape index (κ2) is 14.2. The van der Waals surface area contributed by atoms with Gasteiger partial charge in [0, 0.05) is 54.2 Å². The molecule has 1 heterocycles. The number of amides is 1. The van der Waals surface area contributed by atoms with Gasteiger partial charge < -0.3 is 9.64 Å². The van der Waals surface area contributed by atoms with Crippen molar-refractivity contribution < 1.29 is 18.7 Å². The van der Waals surface area contributed by atoms with Gasteiger partial charge in [0.1, 0.15) is 17.3 Å². The van der Waals surface area contributed by atoms with Crippen molar-refractivity contribution >= 4 is 23.5 Å². The van der Waals surface area contributed by atoms with Gasteiger partial charge in [-0.2, -0.15) is 5.26 Å². The van der Waals surface area contributed by atoms with Gasteiger partial charge in [-0.3, -0.25) is 9.78 Å². The first-order valence-electron chi connectivity index (χ1n) is 15.2. The molecule has 0 aliphatic heterocycles. The molecule has 8 heteroatoms. The van der Waals surface area contributed by atoms with Gasteiger partial charge in [0.2, 0.25) is 0 Å². The molecule has 0 radical (unpaired) electrons. The summed E-state index contributed by atoms with van der Waals surface area (Å²) in [4.78, 5) is 33.1. The smallest absolute Gasteiger partial charge is 0.410 e. The summed E-state index contributed by atoms with van der Waals surface area (Å²) in [6.45, 7) is 1.62. The maximum absolute atomic E-state index is 13.8. The van der Waals surface area contributed by atoms with Crippen LogP contribution in [0.2, 0.25) is 5.02 Å². The molecular formula is C36H37ClFN3O3. The van der Waals surface area contributed by atoms with Crippen LogP contribution in [0.1, 0.15) is 85.6 Å². The number of nitrogens with zero attached hydrogens (tertiary/aromatic N) is 3. The Hall–Kier alpha value is -4.02. The van der Waals surface area contributed by atoms with Gasteiger partial charge in [0.25, 0.3) is 0 Å². The van der Waals surface area contributed by atoms with E-state index in [0.717, 1.165) is 48.9 Å². The summed E-state index contributed by atoms with van der Waals surface area (Å²) >= 11 is 6.16. The number of aryl methyl sites for hydroxylation is 1. The summed E-state index contributed by atoms with van der Waals surface area (Å²) in [7, 11) is 1.72. The van der Waals surface area contributed by atoms with E-state index < -0.39 is 6.09 Å². The summed E-state index contributed by atoms with van der Waals surface area (Å²) in [5.74, 6) is 0.398. The lowest BCUT2D eigenvalue weighted by atomic mass is 9.78. The molecule has 1 aromatic heterocycles. The number of hydrogen-bond acceptors (Lipinski definition) is 5. The molecule has 0 bridgehead atoms. The Bertz CT molecular complexity index is 1580. The standard InChI is InChI=1S/C36H37ClFN3O3/c1-23-18-30(13-15-32(23)38)44-36(43)41(2)34-20-24(6-14-31(34)26-9-11-29(37)12-10-26)21-35(42)28-5-3-4-27(7-8-28)33-19-25(22-39)16-17-40-33/h6,9-13,15-19,27-28,31,34H,3-5,7-8,14,20-21H2,1-2H3. The topological polar surface area (TPSA) is 83.3 Å². The Kier molecular flexibility index (Phi) is 10.1. The zero-order valence-corrected chi connectivity index (χ0v) is 25.9. The average Bonchev–Trinajstić information content (AvgIpc) is 3.30. The molecule has 0 saturated heterocycles. The van der Waals surface area contributed by atoms with E-state index >= 15 is 0 Å². The summed E-state index contributed by atoms with van der Waals surface area (Å²) in [5.41, 5.74) is 4.04. The molecule has 0 N–H and O–H groups in total. The molecule has 6 nitrogen and oxygen atoms in total. The molecule has 228 valence electrons. The lowest BCUT2D eigenvalue weighted by Gasteiger charge is -2.37. The number of allylic oxidation sites excluding steroid dienone is 1. The molecule has 3 aromatic rings. The Morgan fingerprint density at radius 3 is 2.64 bits per heavy atom. The Morgan fingerprint density at radius 1 is 1.09 bits per heavy atom. The molecule has 1 fully saturated rings. The fourth-order valence-electron chi connectivity index (χ4n) is 6.58. The molecule has 2 aliphatic rings. The van der Waals surface area contributed by atoms with E-state index in [-0.39, 0.29) is 41.1 Å². The van der Waals surface area contributed by atoms with Gasteiger partial charge in [-0.05, 0) is 99.0 Å². The highest BCUT2D eigenvalue weighted by molar-refractivity contribution is 6.30. The van der Waals surface area contributed by atoms with E-state index in [9.17, 15) is 19.2 Å². The van der Waals surface area contributed by atoms with Crippen LogP contribution in [0.4, 0.5) is 9.18 Å². The van der Waals surface area contributed by atoms with Crippen LogP contribution in [0.15, 0.2) is 72.4 Å². The first-order valence-corrected chi connectivity index (χ1v) is 15.6. The molecule has 1 amide bonds. The largest absolute Gasteiger partial charge is 0.415 e. The fourth-order valence-corrected chi connectivity index (χ4v) is 6.71. The molecular weight excluding hydrogens is 577 g/mol. The summed E-state index contributed by atoms with van der Waals surface area (Å²) < 4.78 is 19.4. The van der Waals surface area contributed by atoms with E-state index in [1.165, 1.54) is 18.2 Å². The highest BCUT2D eigenvalue weighted by Crippen LogP contribution is 2.39. The number of rotatable bonds is 7. The van der Waals surface area contributed by atoms with Gasteiger partial charge >= 0.3 is 6.09 Å². The van der Waals surface area contributed by atoms with E-state index in [1.807, 2.05) is 30.3 Å². The molecule has 2 aliphatic carbocycles. The molecule has 5 rings (SSSR count). The lowest BCUT2D eigenvalue weighted by Crippen LogP contribution is -2.44. The number of ether oxygens (including phenoxy) is 1. The van der Waals surface area contributed by atoms with E-state index in [0.29, 0.717) is 35.4 Å². The molecule has 2 aromatic carbocycles. The van der Waals surface area contributed by atoms with Crippen LogP contribution in [-0.2, 0) is 4.79 Å². The van der Waals surface area contributed by atoms with E-state index in [4.69, 9.17) is 16.3 Å². The van der Waals surface area contributed by atoms with Crippen molar-refractivity contribution in [1.82, 2.24) is 9.88 Å². The third kappa shape index (κ3) is 7.54. The van der Waals surface area contributed by atoms with Crippen molar-refractivity contribution in [3.8, 4) is 11.8 Å². The third-order valence-corrected chi connectivity index (χ3v) is 9.42. The molecule has 4 unspecified atom stereocenters. The quantitative estimate of drug-likeness (QED) is 0.197. The van der Waals surface area contributed by atoms with Crippen molar-refractivity contribution in [3.05, 3.63) is 106 Å². The highest BCUT2D eigenvalue weighted by Gasteiger charge is 2.35. The minimum absolute atomic E-state index is 0.00562. The van der Waals surface area contributed by atoms with Crippen LogP contribution >= 0.6 is 11.6 Å². The van der Waals surface area contributed by atoms with Crippen molar-refractivity contribution in [2.24, 2.45) is 5.92 Å². The van der Waals surface area contributed by atoms with Crippen LogP contribution in [0.3, 0.4) is 0 Å². The summed E-state index contributed by atoms with van der Waals surface area (Å²) in [6.07, 6.45) is 9.33. The Labute approximate surface area is 263 Å². The fraction of sp³-hybridized carbons (Fsp3) is 0.389. The number of carbonyl (C=O) groups excluding carboxylic acids is 2.